The lowest BCUT2D eigenvalue weighted by Crippen LogP contribution is -2.31. The summed E-state index contributed by atoms with van der Waals surface area (Å²) in [6.07, 6.45) is 10.2. The Balaban J connectivity index is 2.24. The molecule has 0 aromatic heterocycles. The number of rotatable bonds is 3. The Morgan fingerprint density at radius 1 is 1.06 bits per heavy atom. The van der Waals surface area contributed by atoms with Gasteiger partial charge in [-0.15, -0.1) is 0 Å². The van der Waals surface area contributed by atoms with Crippen LogP contribution in [0.25, 0.3) is 0 Å². The number of benzene rings is 1. The third-order valence-electron chi connectivity index (χ3n) is 2.95. The Kier molecular flexibility index (Phi) is 3.37. The van der Waals surface area contributed by atoms with Crippen molar-refractivity contribution >= 4 is 0 Å². The van der Waals surface area contributed by atoms with Gasteiger partial charge in [0.05, 0.1) is 0 Å². The van der Waals surface area contributed by atoms with Crippen molar-refractivity contribution < 1.29 is 4.74 Å². The minimum absolute atomic E-state index is 0.334. The lowest BCUT2D eigenvalue weighted by Gasteiger charge is -2.29. The highest BCUT2D eigenvalue weighted by Crippen LogP contribution is 2.31. The van der Waals surface area contributed by atoms with Gasteiger partial charge in [-0.25, -0.2) is 0 Å². The molecule has 0 N–H and O–H groups in total. The van der Waals surface area contributed by atoms with E-state index in [4.69, 9.17) is 4.74 Å². The zero-order chi connectivity index (χ0) is 12.3. The van der Waals surface area contributed by atoms with Gasteiger partial charge in [0.1, 0.15) is 11.4 Å². The van der Waals surface area contributed by atoms with E-state index in [1.165, 1.54) is 5.56 Å². The lowest BCUT2D eigenvalue weighted by molar-refractivity contribution is 0.176. The number of ether oxygens (including phenoxy) is 1. The van der Waals surface area contributed by atoms with Crippen LogP contribution in [-0.2, 0) is 0 Å². The average Bonchev–Trinajstić information content (AvgIpc) is 2.29. The number of hydrogen-bond acceptors (Lipinski definition) is 1. The fraction of sp³-hybridized carbons (Fsp3) is 0.312. The minimum Gasteiger partial charge on any atom is -0.483 e. The third kappa shape index (κ3) is 2.79. The third-order valence-corrected chi connectivity index (χ3v) is 2.95. The van der Waals surface area contributed by atoms with Crippen molar-refractivity contribution in [3.8, 4) is 5.75 Å². The molecular weight excluding hydrogens is 208 g/mol. The van der Waals surface area contributed by atoms with Gasteiger partial charge in [0.25, 0.3) is 0 Å². The maximum absolute atomic E-state index is 6.14. The van der Waals surface area contributed by atoms with E-state index in [1.54, 1.807) is 0 Å². The predicted molar refractivity (Wildman–Crippen MR) is 72.1 cm³/mol. The van der Waals surface area contributed by atoms with Crippen molar-refractivity contribution in [2.75, 3.05) is 0 Å². The van der Waals surface area contributed by atoms with Crippen LogP contribution in [0.2, 0.25) is 0 Å². The van der Waals surface area contributed by atoms with Crippen LogP contribution in [0.5, 0.6) is 5.75 Å². The van der Waals surface area contributed by atoms with E-state index < -0.39 is 0 Å². The fourth-order valence-electron chi connectivity index (χ4n) is 1.97. The van der Waals surface area contributed by atoms with Crippen LogP contribution in [0.15, 0.2) is 48.6 Å². The molecule has 1 aliphatic carbocycles. The van der Waals surface area contributed by atoms with Crippen molar-refractivity contribution in [1.29, 1.82) is 0 Å². The molecule has 0 saturated heterocycles. The van der Waals surface area contributed by atoms with Gasteiger partial charge in [0.15, 0.2) is 0 Å². The van der Waals surface area contributed by atoms with Crippen LogP contribution in [0.1, 0.15) is 32.3 Å². The summed E-state index contributed by atoms with van der Waals surface area (Å²) in [6, 6.07) is 8.25. The summed E-state index contributed by atoms with van der Waals surface area (Å²) in [6.45, 7) is 6.44. The Morgan fingerprint density at radius 3 is 2.47 bits per heavy atom. The zero-order valence-corrected chi connectivity index (χ0v) is 10.7. The maximum Gasteiger partial charge on any atom is 0.132 e. The van der Waals surface area contributed by atoms with Crippen molar-refractivity contribution in [3.05, 3.63) is 60.6 Å². The van der Waals surface area contributed by atoms with E-state index in [0.29, 0.717) is 5.92 Å². The van der Waals surface area contributed by atoms with Crippen LogP contribution < -0.4 is 4.74 Å². The van der Waals surface area contributed by atoms with Gasteiger partial charge in [-0.3, -0.25) is 0 Å². The smallest absolute Gasteiger partial charge is 0.132 e. The van der Waals surface area contributed by atoms with E-state index in [0.717, 1.165) is 5.75 Å². The summed E-state index contributed by atoms with van der Waals surface area (Å²) in [5, 5.41) is 0. The molecule has 0 heterocycles. The first-order valence-electron chi connectivity index (χ1n) is 6.09. The van der Waals surface area contributed by atoms with Gasteiger partial charge in [-0.1, -0.05) is 50.3 Å². The highest BCUT2D eigenvalue weighted by atomic mass is 16.5. The Hall–Kier alpha value is -1.50. The quantitative estimate of drug-likeness (QED) is 0.749. The molecule has 0 fully saturated rings. The summed E-state index contributed by atoms with van der Waals surface area (Å²) in [5.41, 5.74) is 0.921. The Labute approximate surface area is 104 Å². The Bertz CT molecular complexity index is 443. The predicted octanol–water partition coefficient (Wildman–Crippen LogP) is 4.28. The van der Waals surface area contributed by atoms with Gasteiger partial charge in [-0.2, -0.15) is 0 Å². The molecule has 0 spiro atoms. The van der Waals surface area contributed by atoms with Gasteiger partial charge in [-0.05, 0) is 30.5 Å². The van der Waals surface area contributed by atoms with E-state index in [2.05, 4.69) is 45.4 Å². The number of para-hydroxylation sites is 1. The first-order chi connectivity index (χ1) is 8.11. The largest absolute Gasteiger partial charge is 0.483 e. The number of allylic oxidation sites excluding steroid dienone is 2. The summed E-state index contributed by atoms with van der Waals surface area (Å²) >= 11 is 0. The minimum atomic E-state index is -0.334. The van der Waals surface area contributed by atoms with E-state index in [-0.39, 0.29) is 5.60 Å². The van der Waals surface area contributed by atoms with E-state index >= 15 is 0 Å². The van der Waals surface area contributed by atoms with E-state index in [1.807, 2.05) is 30.4 Å². The van der Waals surface area contributed by atoms with Gasteiger partial charge in [0.2, 0.25) is 0 Å². The highest BCUT2D eigenvalue weighted by Gasteiger charge is 2.24. The molecule has 0 amide bonds. The van der Waals surface area contributed by atoms with Crippen LogP contribution in [-0.4, -0.2) is 5.60 Å². The summed E-state index contributed by atoms with van der Waals surface area (Å²) in [4.78, 5) is 0. The second kappa shape index (κ2) is 4.79. The highest BCUT2D eigenvalue weighted by molar-refractivity contribution is 5.38. The van der Waals surface area contributed by atoms with Crippen LogP contribution in [0.3, 0.4) is 0 Å². The second-order valence-electron chi connectivity index (χ2n) is 4.89. The van der Waals surface area contributed by atoms with Crippen molar-refractivity contribution in [2.45, 2.75) is 32.3 Å². The normalized spacial score (nSPS) is 23.1. The summed E-state index contributed by atoms with van der Waals surface area (Å²) in [5.74, 6) is 1.44. The summed E-state index contributed by atoms with van der Waals surface area (Å²) < 4.78 is 6.14. The SMILES string of the molecule is CC(C)c1ccccc1OC1(C)[CH]C=CC=C1. The van der Waals surface area contributed by atoms with Crippen LogP contribution >= 0.6 is 0 Å². The molecular formula is C16H19O. The molecule has 1 aliphatic rings. The molecule has 0 aliphatic heterocycles. The molecule has 1 aromatic rings. The zero-order valence-electron chi connectivity index (χ0n) is 10.7. The molecule has 1 aromatic carbocycles. The average molecular weight is 227 g/mol. The molecule has 1 atom stereocenters. The molecule has 1 nitrogen and oxygen atoms in total. The van der Waals surface area contributed by atoms with Gasteiger partial charge < -0.3 is 4.74 Å². The molecule has 1 unspecified atom stereocenters. The Morgan fingerprint density at radius 2 is 1.82 bits per heavy atom. The van der Waals surface area contributed by atoms with Crippen molar-refractivity contribution in [3.63, 3.8) is 0 Å². The number of hydrogen-bond donors (Lipinski definition) is 0. The first kappa shape index (κ1) is 12.0. The molecule has 89 valence electrons. The van der Waals surface area contributed by atoms with Gasteiger partial charge >= 0.3 is 0 Å². The molecule has 1 radical (unpaired) electrons. The van der Waals surface area contributed by atoms with Crippen LogP contribution in [0.4, 0.5) is 0 Å². The fourth-order valence-corrected chi connectivity index (χ4v) is 1.97. The maximum atomic E-state index is 6.14. The standard InChI is InChI=1S/C16H19O/c1-13(2)14-9-5-6-10-15(14)17-16(3)11-7-4-8-12-16/h4-13H,1-3H3. The molecule has 0 bridgehead atoms. The molecule has 17 heavy (non-hydrogen) atoms. The second-order valence-corrected chi connectivity index (χ2v) is 4.89. The lowest BCUT2D eigenvalue weighted by atomic mass is 9.96. The van der Waals surface area contributed by atoms with Crippen molar-refractivity contribution in [2.24, 2.45) is 0 Å². The topological polar surface area (TPSA) is 9.23 Å². The summed E-state index contributed by atoms with van der Waals surface area (Å²) in [7, 11) is 0. The van der Waals surface area contributed by atoms with Gasteiger partial charge in [0, 0.05) is 6.42 Å². The van der Waals surface area contributed by atoms with Crippen molar-refractivity contribution in [1.82, 2.24) is 0 Å². The first-order valence-corrected chi connectivity index (χ1v) is 6.09. The molecule has 1 heteroatoms. The molecule has 0 saturated carbocycles. The molecule has 2 rings (SSSR count). The van der Waals surface area contributed by atoms with Crippen LogP contribution in [0, 0.1) is 6.42 Å². The van der Waals surface area contributed by atoms with E-state index in [9.17, 15) is 0 Å². The monoisotopic (exact) mass is 227 g/mol.